The molecule has 0 heterocycles. The summed E-state index contributed by atoms with van der Waals surface area (Å²) in [6, 6.07) is -0.141. The standard InChI is InChI=1S/C9H23N3O3S/c1-8(2)6-12-16(13,14)11-5-4-9(10)7-15-3/h8-9,11-12H,4-7,10H2,1-3H3. The highest BCUT2D eigenvalue weighted by atomic mass is 32.2. The molecule has 0 aromatic carbocycles. The van der Waals surface area contributed by atoms with E-state index in [0.29, 0.717) is 26.1 Å². The van der Waals surface area contributed by atoms with Crippen molar-refractivity contribution in [1.29, 1.82) is 0 Å². The Morgan fingerprint density at radius 2 is 1.94 bits per heavy atom. The monoisotopic (exact) mass is 253 g/mol. The van der Waals surface area contributed by atoms with Gasteiger partial charge in [0.25, 0.3) is 10.2 Å². The van der Waals surface area contributed by atoms with Crippen LogP contribution in [-0.4, -0.2) is 41.3 Å². The molecule has 0 bridgehead atoms. The van der Waals surface area contributed by atoms with Gasteiger partial charge in [0.05, 0.1) is 6.61 Å². The van der Waals surface area contributed by atoms with E-state index in [4.69, 9.17) is 10.5 Å². The van der Waals surface area contributed by atoms with Gasteiger partial charge in [-0.25, -0.2) is 9.44 Å². The van der Waals surface area contributed by atoms with Crippen LogP contribution in [0.25, 0.3) is 0 Å². The third kappa shape index (κ3) is 9.05. The highest BCUT2D eigenvalue weighted by molar-refractivity contribution is 7.87. The summed E-state index contributed by atoms with van der Waals surface area (Å²) in [5.41, 5.74) is 5.66. The molecule has 0 amide bonds. The molecule has 0 spiro atoms. The first-order valence-electron chi connectivity index (χ1n) is 5.36. The molecular weight excluding hydrogens is 230 g/mol. The molecule has 0 aromatic rings. The van der Waals surface area contributed by atoms with E-state index in [1.807, 2.05) is 13.8 Å². The molecular formula is C9H23N3O3S. The number of methoxy groups -OCH3 is 1. The van der Waals surface area contributed by atoms with Crippen molar-refractivity contribution in [2.45, 2.75) is 26.3 Å². The van der Waals surface area contributed by atoms with Crippen molar-refractivity contribution in [3.63, 3.8) is 0 Å². The fourth-order valence-electron chi connectivity index (χ4n) is 1.00. The van der Waals surface area contributed by atoms with Crippen molar-refractivity contribution in [3.8, 4) is 0 Å². The van der Waals surface area contributed by atoms with E-state index in [1.54, 1.807) is 7.11 Å². The fourth-order valence-corrected chi connectivity index (χ4v) is 2.04. The lowest BCUT2D eigenvalue weighted by Gasteiger charge is -2.12. The second-order valence-electron chi connectivity index (χ2n) is 4.14. The topological polar surface area (TPSA) is 93.4 Å². The van der Waals surface area contributed by atoms with Gasteiger partial charge in [-0.05, 0) is 12.3 Å². The van der Waals surface area contributed by atoms with Gasteiger partial charge in [-0.2, -0.15) is 8.42 Å². The van der Waals surface area contributed by atoms with E-state index in [1.165, 1.54) is 0 Å². The molecule has 0 aliphatic heterocycles. The lowest BCUT2D eigenvalue weighted by atomic mass is 10.2. The number of nitrogens with one attached hydrogen (secondary N) is 2. The van der Waals surface area contributed by atoms with Crippen LogP contribution in [0, 0.1) is 5.92 Å². The quantitative estimate of drug-likeness (QED) is 0.513. The Hall–Kier alpha value is -0.210. The van der Waals surface area contributed by atoms with Crippen LogP contribution < -0.4 is 15.2 Å². The largest absolute Gasteiger partial charge is 0.383 e. The zero-order valence-corrected chi connectivity index (χ0v) is 11.0. The van der Waals surface area contributed by atoms with E-state index in [9.17, 15) is 8.42 Å². The van der Waals surface area contributed by atoms with Crippen molar-refractivity contribution in [3.05, 3.63) is 0 Å². The molecule has 7 heteroatoms. The van der Waals surface area contributed by atoms with Crippen molar-refractivity contribution >= 4 is 10.2 Å². The highest BCUT2D eigenvalue weighted by Gasteiger charge is 2.10. The molecule has 6 nitrogen and oxygen atoms in total. The maximum absolute atomic E-state index is 11.4. The molecule has 1 atom stereocenters. The van der Waals surface area contributed by atoms with Crippen LogP contribution in [0.15, 0.2) is 0 Å². The number of hydrogen-bond acceptors (Lipinski definition) is 4. The van der Waals surface area contributed by atoms with Crippen molar-refractivity contribution in [2.75, 3.05) is 26.8 Å². The summed E-state index contributed by atoms with van der Waals surface area (Å²) in [5, 5.41) is 0. The number of rotatable bonds is 9. The van der Waals surface area contributed by atoms with Gasteiger partial charge >= 0.3 is 0 Å². The molecule has 0 fully saturated rings. The zero-order valence-electron chi connectivity index (χ0n) is 10.2. The number of hydrogen-bond donors (Lipinski definition) is 3. The first-order chi connectivity index (χ1) is 7.37. The second kappa shape index (κ2) is 7.97. The minimum absolute atomic E-state index is 0.141. The maximum Gasteiger partial charge on any atom is 0.276 e. The molecule has 1 unspecified atom stereocenters. The summed E-state index contributed by atoms with van der Waals surface area (Å²) in [5.74, 6) is 0.285. The van der Waals surface area contributed by atoms with E-state index in [0.717, 1.165) is 0 Å². The van der Waals surface area contributed by atoms with E-state index >= 15 is 0 Å². The molecule has 0 rings (SSSR count). The van der Waals surface area contributed by atoms with Crippen LogP contribution in [-0.2, 0) is 14.9 Å². The minimum atomic E-state index is -3.38. The van der Waals surface area contributed by atoms with Crippen LogP contribution >= 0.6 is 0 Å². The molecule has 0 saturated carbocycles. The third-order valence-electron chi connectivity index (χ3n) is 1.87. The van der Waals surface area contributed by atoms with Gasteiger partial charge in [0.15, 0.2) is 0 Å². The van der Waals surface area contributed by atoms with Crippen molar-refractivity contribution < 1.29 is 13.2 Å². The van der Waals surface area contributed by atoms with Crippen LogP contribution in [0.5, 0.6) is 0 Å². The van der Waals surface area contributed by atoms with Crippen LogP contribution in [0.4, 0.5) is 0 Å². The molecule has 0 aliphatic rings. The predicted octanol–water partition coefficient (Wildman–Crippen LogP) is -0.570. The highest BCUT2D eigenvalue weighted by Crippen LogP contribution is 1.91. The summed E-state index contributed by atoms with van der Waals surface area (Å²) < 4.78 is 32.5. The SMILES string of the molecule is COCC(N)CCNS(=O)(=O)NCC(C)C. The van der Waals surface area contributed by atoms with Gasteiger partial charge < -0.3 is 10.5 Å². The van der Waals surface area contributed by atoms with Crippen molar-refractivity contribution in [2.24, 2.45) is 11.7 Å². The Balaban J connectivity index is 3.74. The van der Waals surface area contributed by atoms with Gasteiger partial charge in [-0.1, -0.05) is 13.8 Å². The summed E-state index contributed by atoms with van der Waals surface area (Å²) in [7, 11) is -1.82. The maximum atomic E-state index is 11.4. The Morgan fingerprint density at radius 3 is 2.44 bits per heavy atom. The van der Waals surface area contributed by atoms with Gasteiger partial charge in [-0.3, -0.25) is 0 Å². The first kappa shape index (κ1) is 15.8. The smallest absolute Gasteiger partial charge is 0.276 e. The van der Waals surface area contributed by atoms with Gasteiger partial charge in [0.1, 0.15) is 0 Å². The molecule has 0 saturated heterocycles. The number of nitrogens with two attached hydrogens (primary N) is 1. The van der Waals surface area contributed by atoms with Gasteiger partial charge in [-0.15, -0.1) is 0 Å². The zero-order chi connectivity index (χ0) is 12.6. The molecule has 0 aromatic heterocycles. The van der Waals surface area contributed by atoms with E-state index in [-0.39, 0.29) is 12.0 Å². The summed E-state index contributed by atoms with van der Waals surface area (Å²) >= 11 is 0. The fraction of sp³-hybridized carbons (Fsp3) is 1.00. The summed E-state index contributed by atoms with van der Waals surface area (Å²) in [4.78, 5) is 0. The van der Waals surface area contributed by atoms with Gasteiger partial charge in [0, 0.05) is 26.2 Å². The molecule has 98 valence electrons. The normalized spacial score (nSPS) is 14.3. The lowest BCUT2D eigenvalue weighted by molar-refractivity contribution is 0.177. The average Bonchev–Trinajstić information content (AvgIpc) is 2.15. The minimum Gasteiger partial charge on any atom is -0.383 e. The van der Waals surface area contributed by atoms with E-state index < -0.39 is 10.2 Å². The Morgan fingerprint density at radius 1 is 1.31 bits per heavy atom. The van der Waals surface area contributed by atoms with E-state index in [2.05, 4.69) is 9.44 Å². The Bertz CT molecular complexity index is 267. The molecule has 4 N–H and O–H groups in total. The summed E-state index contributed by atoms with van der Waals surface area (Å²) in [6.45, 7) is 5.06. The van der Waals surface area contributed by atoms with Crippen LogP contribution in [0.1, 0.15) is 20.3 Å². The molecule has 16 heavy (non-hydrogen) atoms. The Kier molecular flexibility index (Phi) is 7.86. The van der Waals surface area contributed by atoms with Crippen LogP contribution in [0.2, 0.25) is 0 Å². The lowest BCUT2D eigenvalue weighted by Crippen LogP contribution is -2.40. The van der Waals surface area contributed by atoms with Crippen LogP contribution in [0.3, 0.4) is 0 Å². The van der Waals surface area contributed by atoms with Gasteiger partial charge in [0.2, 0.25) is 0 Å². The predicted molar refractivity (Wildman–Crippen MR) is 64.2 cm³/mol. The Labute approximate surface area is 98.1 Å². The molecule has 0 aliphatic carbocycles. The first-order valence-corrected chi connectivity index (χ1v) is 6.84. The summed E-state index contributed by atoms with van der Waals surface area (Å²) in [6.07, 6.45) is 0.552. The third-order valence-corrected chi connectivity index (χ3v) is 3.00. The number of ether oxygens (including phenoxy) is 1. The second-order valence-corrected chi connectivity index (χ2v) is 5.73. The van der Waals surface area contributed by atoms with Crippen molar-refractivity contribution in [1.82, 2.24) is 9.44 Å². The average molecular weight is 253 g/mol. The molecule has 0 radical (unpaired) electrons.